The van der Waals surface area contributed by atoms with Crippen LogP contribution in [-0.4, -0.2) is 10.5 Å². The Kier molecular flexibility index (Phi) is 15.9. The van der Waals surface area contributed by atoms with E-state index in [2.05, 4.69) is 71.0 Å². The van der Waals surface area contributed by atoms with E-state index in [1.165, 1.54) is 0 Å². The summed E-state index contributed by atoms with van der Waals surface area (Å²) in [5.74, 6) is 0. The second-order valence-corrected chi connectivity index (χ2v) is 170. The zero-order valence-electron chi connectivity index (χ0n) is 4.30. The average Bonchev–Trinajstić information content (AvgIpc) is 1.27. The molecule has 0 amide bonds. The molecule has 0 aliphatic heterocycles. The van der Waals surface area contributed by atoms with Gasteiger partial charge in [0.05, 0.1) is 0 Å². The van der Waals surface area contributed by atoms with Crippen molar-refractivity contribution in [2.24, 2.45) is 5.73 Å². The van der Waals surface area contributed by atoms with Gasteiger partial charge in [0.15, 0.2) is 0 Å². The van der Waals surface area contributed by atoms with Gasteiger partial charge in [0.1, 0.15) is 0 Å². The average molecular weight is 760 g/mol. The van der Waals surface area contributed by atoms with E-state index in [1.54, 1.807) is 0 Å². The van der Waals surface area contributed by atoms with E-state index in [0.29, 0.717) is 0 Å². The summed E-state index contributed by atoms with van der Waals surface area (Å²) in [4.78, 5) is 0. The van der Waals surface area contributed by atoms with Gasteiger partial charge >= 0.3 is 75.0 Å². The standard InChI is InChI=1S/C2H7N.4HI.Pb/c1-2-3;;;;;/h2-3H2,1H3;4*1H;/q;;;;;+4/p-4. The predicted octanol–water partition coefficient (Wildman–Crippen LogP) is 3.13. The number of halogens is 4. The summed E-state index contributed by atoms with van der Waals surface area (Å²) in [5.41, 5.74) is 4.85. The Balaban J connectivity index is 0. The fraction of sp³-hybridized carbons (Fsp3) is 1.00. The molecule has 0 fully saturated rings. The molecule has 0 rings (SSSR count). The van der Waals surface area contributed by atoms with Crippen LogP contribution >= 0.6 is 71.0 Å². The Labute approximate surface area is 91.1 Å². The summed E-state index contributed by atoms with van der Waals surface area (Å²) in [6.45, 7) is 2.65. The number of nitrogens with two attached hydrogens (primary N) is 1. The first-order valence-electron chi connectivity index (χ1n) is 1.87. The Bertz CT molecular complexity index is 37.8. The van der Waals surface area contributed by atoms with E-state index in [-0.39, 0.29) is 0 Å². The van der Waals surface area contributed by atoms with Crippen LogP contribution in [0.15, 0.2) is 0 Å². The van der Waals surface area contributed by atoms with E-state index in [0.717, 1.165) is 6.54 Å². The van der Waals surface area contributed by atoms with Gasteiger partial charge in [-0.25, -0.2) is 0 Å². The molecule has 8 heavy (non-hydrogen) atoms. The van der Waals surface area contributed by atoms with E-state index < -0.39 is 4.00 Å². The molecule has 52 valence electrons. The van der Waals surface area contributed by atoms with E-state index >= 15 is 0 Å². The normalized spacial score (nSPS) is 9.75. The van der Waals surface area contributed by atoms with Crippen LogP contribution in [0.3, 0.4) is 0 Å². The van der Waals surface area contributed by atoms with Crippen LogP contribution in [0, 0.1) is 0 Å². The molecule has 0 heterocycles. The van der Waals surface area contributed by atoms with Gasteiger partial charge in [0, 0.05) is 0 Å². The van der Waals surface area contributed by atoms with Crippen molar-refractivity contribution in [3.05, 3.63) is 0 Å². The maximum absolute atomic E-state index is 4.85. The number of hydrogen-bond acceptors (Lipinski definition) is 1. The summed E-state index contributed by atoms with van der Waals surface area (Å²) in [5, 5.41) is 0. The molecular formula is C2H7I4NPb. The quantitative estimate of drug-likeness (QED) is 0.299. The number of hydrogen-bond donors (Lipinski definition) is 1. The van der Waals surface area contributed by atoms with Gasteiger partial charge in [0.25, 0.3) is 0 Å². The Morgan fingerprint density at radius 3 is 1.25 bits per heavy atom. The molecule has 1 nitrogen and oxygen atoms in total. The SMILES string of the molecule is CCN.[I][Pb]([I])([I])[I]. The van der Waals surface area contributed by atoms with Crippen molar-refractivity contribution in [2.45, 2.75) is 6.92 Å². The van der Waals surface area contributed by atoms with Crippen LogP contribution in [0.1, 0.15) is 6.92 Å². The van der Waals surface area contributed by atoms with Crippen molar-refractivity contribution in [3.63, 3.8) is 0 Å². The fourth-order valence-electron chi connectivity index (χ4n) is 0. The van der Waals surface area contributed by atoms with E-state index in [4.69, 9.17) is 5.73 Å². The second kappa shape index (κ2) is 8.89. The Hall–Kier alpha value is 3.80. The van der Waals surface area contributed by atoms with Gasteiger partial charge in [-0.2, -0.15) is 0 Å². The van der Waals surface area contributed by atoms with Gasteiger partial charge in [0.2, 0.25) is 0 Å². The molecule has 0 aromatic carbocycles. The Morgan fingerprint density at radius 1 is 1.25 bits per heavy atom. The summed E-state index contributed by atoms with van der Waals surface area (Å²) < 4.78 is -1.40. The molecule has 0 aliphatic carbocycles. The van der Waals surface area contributed by atoms with Crippen molar-refractivity contribution in [1.29, 1.82) is 0 Å². The first-order chi connectivity index (χ1) is 3.41. The summed E-state index contributed by atoms with van der Waals surface area (Å²) >= 11 is 10.2. The molecule has 6 heteroatoms. The topological polar surface area (TPSA) is 26.0 Å². The monoisotopic (exact) mass is 761 g/mol. The molecule has 0 spiro atoms. The van der Waals surface area contributed by atoms with Crippen LogP contribution in [0.5, 0.6) is 0 Å². The van der Waals surface area contributed by atoms with Crippen molar-refractivity contribution in [3.8, 4) is 0 Å². The molecule has 2 N–H and O–H groups in total. The van der Waals surface area contributed by atoms with E-state index in [1.807, 2.05) is 6.92 Å². The second-order valence-electron chi connectivity index (χ2n) is 0.837. The van der Waals surface area contributed by atoms with Gasteiger partial charge in [-0.15, -0.1) is 0 Å². The minimum absolute atomic E-state index is 0.750. The van der Waals surface area contributed by atoms with Crippen LogP contribution in [0.4, 0.5) is 0 Å². The maximum atomic E-state index is 4.85. The van der Waals surface area contributed by atoms with Crippen LogP contribution in [0.25, 0.3) is 0 Å². The molecule has 0 saturated heterocycles. The molecule has 0 atom stereocenters. The van der Waals surface area contributed by atoms with Gasteiger partial charge in [-0.05, 0) is 6.54 Å². The summed E-state index contributed by atoms with van der Waals surface area (Å²) in [6.07, 6.45) is 0. The molecule has 0 bridgehead atoms. The molecule has 0 radical (unpaired) electrons. The zero-order valence-corrected chi connectivity index (χ0v) is 16.8. The van der Waals surface area contributed by atoms with Crippen molar-refractivity contribution in [2.75, 3.05) is 6.54 Å². The third-order valence-electron chi connectivity index (χ3n) is 0. The zero-order chi connectivity index (χ0) is 7.21. The summed E-state index contributed by atoms with van der Waals surface area (Å²) in [7, 11) is 0. The van der Waals surface area contributed by atoms with Crippen molar-refractivity contribution >= 4 is 75.0 Å². The first kappa shape index (κ1) is 14.3. The van der Waals surface area contributed by atoms with Gasteiger partial charge in [-0.1, -0.05) is 6.92 Å². The van der Waals surface area contributed by atoms with Crippen LogP contribution in [-0.2, 0) is 0 Å². The first-order valence-corrected chi connectivity index (χ1v) is 45.6. The van der Waals surface area contributed by atoms with Crippen molar-refractivity contribution < 1.29 is 0 Å². The molecule has 0 aliphatic rings. The third-order valence-corrected chi connectivity index (χ3v) is 0. The molecular weight excluding hydrogens is 753 g/mol. The molecule has 0 saturated carbocycles. The molecule has 0 aromatic heterocycles. The van der Waals surface area contributed by atoms with Crippen LogP contribution < -0.4 is 5.73 Å². The molecule has 0 unspecified atom stereocenters. The summed E-state index contributed by atoms with van der Waals surface area (Å²) in [6, 6.07) is 0. The molecule has 0 aromatic rings. The van der Waals surface area contributed by atoms with Crippen LogP contribution in [0.2, 0.25) is 0 Å². The van der Waals surface area contributed by atoms with Gasteiger partial charge < -0.3 is 5.73 Å². The van der Waals surface area contributed by atoms with E-state index in [9.17, 15) is 0 Å². The fourth-order valence-corrected chi connectivity index (χ4v) is 0. The Morgan fingerprint density at radius 2 is 1.25 bits per heavy atom. The minimum atomic E-state index is -1.40. The number of rotatable bonds is 0. The van der Waals surface area contributed by atoms with Gasteiger partial charge in [-0.3, -0.25) is 0 Å². The van der Waals surface area contributed by atoms with Crippen molar-refractivity contribution in [1.82, 2.24) is 0 Å². The predicted molar refractivity (Wildman–Crippen MR) is 76.6 cm³/mol. The third kappa shape index (κ3) is 52.5.